The molecule has 0 spiro atoms. The lowest BCUT2D eigenvalue weighted by Gasteiger charge is -2.46. The van der Waals surface area contributed by atoms with Gasteiger partial charge in [0.25, 0.3) is 0 Å². The molecule has 6 nitrogen and oxygen atoms in total. The summed E-state index contributed by atoms with van der Waals surface area (Å²) < 4.78 is 11.6. The number of carbonyl (C=O) groups is 2. The third-order valence-corrected chi connectivity index (χ3v) is 6.05. The predicted molar refractivity (Wildman–Crippen MR) is 131 cm³/mol. The highest BCUT2D eigenvalue weighted by atomic mass is 32.1. The van der Waals surface area contributed by atoms with Crippen LogP contribution in [0.1, 0.15) is 32.6 Å². The zero-order chi connectivity index (χ0) is 21.6. The van der Waals surface area contributed by atoms with E-state index < -0.39 is 18.2 Å². The second-order valence-electron chi connectivity index (χ2n) is 6.98. The summed E-state index contributed by atoms with van der Waals surface area (Å²) in [6, 6.07) is -1.24. The maximum Gasteiger partial charge on any atom is 0.248 e. The molecule has 1 heterocycles. The fourth-order valence-electron chi connectivity index (χ4n) is 3.32. The molecule has 1 fully saturated rings. The van der Waals surface area contributed by atoms with Crippen LogP contribution >= 0.6 is 50.5 Å². The quantitative estimate of drug-likeness (QED) is 0.200. The molecule has 0 N–H and O–H groups in total. The molecular formula is C19H36N2O4S4. The van der Waals surface area contributed by atoms with Crippen molar-refractivity contribution >= 4 is 62.3 Å². The van der Waals surface area contributed by atoms with E-state index >= 15 is 0 Å². The van der Waals surface area contributed by atoms with Crippen molar-refractivity contribution < 1.29 is 19.1 Å². The molecule has 1 aliphatic rings. The standard InChI is InChI=1S/C19H36N2O4S4/c1-15(25-9-5-13-29)17-19(23)20(6-2-10-26)16(14-24-8-4-12-28)18(22)21(17)7-3-11-27/h15-17,26-29H,2-14H2,1H3/t15?,16-,17?/m1/s1. The van der Waals surface area contributed by atoms with Crippen molar-refractivity contribution in [2.75, 3.05) is 55.9 Å². The molecule has 1 aliphatic heterocycles. The number of ether oxygens (including phenoxy) is 2. The monoisotopic (exact) mass is 484 g/mol. The number of rotatable bonds is 16. The number of carbonyl (C=O) groups excluding carboxylic acids is 2. The van der Waals surface area contributed by atoms with Gasteiger partial charge in [-0.2, -0.15) is 50.5 Å². The minimum Gasteiger partial charge on any atom is -0.379 e. The van der Waals surface area contributed by atoms with Crippen molar-refractivity contribution in [3.63, 3.8) is 0 Å². The molecule has 170 valence electrons. The van der Waals surface area contributed by atoms with Crippen LogP contribution in [0.3, 0.4) is 0 Å². The van der Waals surface area contributed by atoms with Crippen molar-refractivity contribution in [2.24, 2.45) is 0 Å². The molecule has 0 aromatic heterocycles. The van der Waals surface area contributed by atoms with Gasteiger partial charge in [-0.15, -0.1) is 0 Å². The van der Waals surface area contributed by atoms with E-state index in [0.29, 0.717) is 56.4 Å². The van der Waals surface area contributed by atoms with Gasteiger partial charge >= 0.3 is 0 Å². The number of hydrogen-bond acceptors (Lipinski definition) is 8. The Hall–Kier alpha value is 0.260. The SMILES string of the molecule is CC(OCCCS)C1C(=O)N(CCCS)[C@H](COCCCS)C(=O)N1CCCS. The molecule has 0 saturated carbocycles. The van der Waals surface area contributed by atoms with Crippen LogP contribution < -0.4 is 0 Å². The van der Waals surface area contributed by atoms with E-state index in [-0.39, 0.29) is 18.4 Å². The van der Waals surface area contributed by atoms with Crippen LogP contribution in [0.5, 0.6) is 0 Å². The fourth-order valence-corrected chi connectivity index (χ4v) is 3.86. The first-order valence-corrected chi connectivity index (χ1v) is 12.8. The summed E-state index contributed by atoms with van der Waals surface area (Å²) in [5.74, 6) is 2.57. The minimum atomic E-state index is -0.629. The van der Waals surface area contributed by atoms with E-state index in [4.69, 9.17) is 9.47 Å². The molecule has 29 heavy (non-hydrogen) atoms. The maximum absolute atomic E-state index is 13.4. The van der Waals surface area contributed by atoms with Crippen LogP contribution in [0.2, 0.25) is 0 Å². The van der Waals surface area contributed by atoms with Crippen LogP contribution in [0, 0.1) is 0 Å². The Kier molecular flexibility index (Phi) is 15.0. The summed E-state index contributed by atoms with van der Waals surface area (Å²) in [7, 11) is 0. The lowest BCUT2D eigenvalue weighted by Crippen LogP contribution is -2.68. The summed E-state index contributed by atoms with van der Waals surface area (Å²) in [5, 5.41) is 0. The van der Waals surface area contributed by atoms with Gasteiger partial charge in [-0.1, -0.05) is 0 Å². The molecule has 1 rings (SSSR count). The van der Waals surface area contributed by atoms with E-state index in [0.717, 1.165) is 18.6 Å². The first-order chi connectivity index (χ1) is 14.0. The van der Waals surface area contributed by atoms with Gasteiger partial charge < -0.3 is 19.3 Å². The van der Waals surface area contributed by atoms with E-state index in [1.807, 2.05) is 6.92 Å². The summed E-state index contributed by atoms with van der Waals surface area (Å²) in [4.78, 5) is 30.2. The third kappa shape index (κ3) is 8.73. The fraction of sp³-hybridized carbons (Fsp3) is 0.895. The highest BCUT2D eigenvalue weighted by molar-refractivity contribution is 7.80. The summed E-state index contributed by atoms with van der Waals surface area (Å²) in [5.41, 5.74) is 0. The van der Waals surface area contributed by atoms with Crippen LogP contribution in [-0.2, 0) is 19.1 Å². The smallest absolute Gasteiger partial charge is 0.248 e. The molecule has 1 saturated heterocycles. The Balaban J connectivity index is 3.04. The molecule has 2 amide bonds. The number of piperazine rings is 1. The number of thiol groups is 4. The van der Waals surface area contributed by atoms with Crippen molar-refractivity contribution in [3.05, 3.63) is 0 Å². The maximum atomic E-state index is 13.4. The van der Waals surface area contributed by atoms with E-state index in [1.54, 1.807) is 9.80 Å². The molecule has 0 aromatic carbocycles. The highest BCUT2D eigenvalue weighted by Gasteiger charge is 2.47. The second kappa shape index (κ2) is 16.0. The van der Waals surface area contributed by atoms with Crippen molar-refractivity contribution in [1.29, 1.82) is 0 Å². The van der Waals surface area contributed by atoms with E-state index in [2.05, 4.69) is 50.5 Å². The average Bonchev–Trinajstić information content (AvgIpc) is 2.71. The molecule has 3 atom stereocenters. The third-order valence-electron chi connectivity index (χ3n) is 4.78. The van der Waals surface area contributed by atoms with Crippen LogP contribution in [0.4, 0.5) is 0 Å². The zero-order valence-electron chi connectivity index (χ0n) is 17.2. The molecule has 0 aliphatic carbocycles. The lowest BCUT2D eigenvalue weighted by molar-refractivity contribution is -0.171. The molecule has 10 heteroatoms. The first-order valence-electron chi connectivity index (χ1n) is 10.3. The van der Waals surface area contributed by atoms with Gasteiger partial charge in [0.05, 0.1) is 12.7 Å². The van der Waals surface area contributed by atoms with Crippen LogP contribution in [0.15, 0.2) is 0 Å². The Morgan fingerprint density at radius 3 is 1.97 bits per heavy atom. The Labute approximate surface area is 197 Å². The minimum absolute atomic E-state index is 0.0771. The van der Waals surface area contributed by atoms with E-state index in [9.17, 15) is 9.59 Å². The Bertz CT molecular complexity index is 487. The normalized spacial score (nSPS) is 21.1. The molecule has 0 bridgehead atoms. The van der Waals surface area contributed by atoms with Gasteiger partial charge in [-0.3, -0.25) is 9.59 Å². The van der Waals surface area contributed by atoms with Gasteiger partial charge in [-0.05, 0) is 55.6 Å². The predicted octanol–water partition coefficient (Wildman–Crippen LogP) is 2.10. The van der Waals surface area contributed by atoms with E-state index in [1.165, 1.54) is 0 Å². The number of hydrogen-bond donors (Lipinski definition) is 4. The van der Waals surface area contributed by atoms with Gasteiger partial charge in [0.2, 0.25) is 11.8 Å². The Morgan fingerprint density at radius 1 is 0.828 bits per heavy atom. The van der Waals surface area contributed by atoms with Crippen LogP contribution in [0.25, 0.3) is 0 Å². The van der Waals surface area contributed by atoms with Crippen molar-refractivity contribution in [1.82, 2.24) is 9.80 Å². The van der Waals surface area contributed by atoms with Crippen LogP contribution in [-0.4, -0.2) is 95.7 Å². The van der Waals surface area contributed by atoms with Gasteiger partial charge in [-0.25, -0.2) is 0 Å². The highest BCUT2D eigenvalue weighted by Crippen LogP contribution is 2.24. The average molecular weight is 485 g/mol. The summed E-state index contributed by atoms with van der Waals surface area (Å²) in [6.07, 6.45) is 2.63. The topological polar surface area (TPSA) is 59.1 Å². The number of amides is 2. The largest absolute Gasteiger partial charge is 0.379 e. The van der Waals surface area contributed by atoms with Gasteiger partial charge in [0.1, 0.15) is 12.1 Å². The first kappa shape index (κ1) is 27.3. The number of nitrogens with zero attached hydrogens (tertiary/aromatic N) is 2. The zero-order valence-corrected chi connectivity index (χ0v) is 20.8. The summed E-state index contributed by atoms with van der Waals surface area (Å²) >= 11 is 16.9. The van der Waals surface area contributed by atoms with Crippen molar-refractivity contribution in [2.45, 2.75) is 50.8 Å². The second-order valence-corrected chi connectivity index (χ2v) is 8.77. The van der Waals surface area contributed by atoms with Gasteiger partial charge in [0, 0.05) is 26.3 Å². The lowest BCUT2D eigenvalue weighted by atomic mass is 10.00. The molecule has 2 unspecified atom stereocenters. The van der Waals surface area contributed by atoms with Crippen molar-refractivity contribution in [3.8, 4) is 0 Å². The molecular weight excluding hydrogens is 448 g/mol. The molecule has 0 radical (unpaired) electrons. The molecule has 0 aromatic rings. The van der Waals surface area contributed by atoms with Gasteiger partial charge in [0.15, 0.2) is 0 Å². The Morgan fingerprint density at radius 2 is 1.38 bits per heavy atom. The summed E-state index contributed by atoms with van der Waals surface area (Å²) in [6.45, 7) is 4.05.